The smallest absolute Gasteiger partial charge is 0.416 e. The highest BCUT2D eigenvalue weighted by molar-refractivity contribution is 5.67. The molecule has 1 aromatic carbocycles. The van der Waals surface area contributed by atoms with E-state index in [9.17, 15) is 18.0 Å². The molecule has 1 aromatic rings. The van der Waals surface area contributed by atoms with Gasteiger partial charge in [0.1, 0.15) is 5.60 Å². The zero-order chi connectivity index (χ0) is 15.6. The number of nitrogens with two attached hydrogens (primary N) is 1. The zero-order valence-electron chi connectivity index (χ0n) is 11.5. The number of ether oxygens (including phenoxy) is 1. The molecule has 0 saturated heterocycles. The monoisotopic (exact) mass is 290 g/mol. The molecule has 0 radical (unpaired) electrons. The van der Waals surface area contributed by atoms with E-state index in [-0.39, 0.29) is 17.8 Å². The predicted molar refractivity (Wildman–Crippen MR) is 68.9 cm³/mol. The molecule has 3 N–H and O–H groups in total. The number of alkyl halides is 3. The second-order valence-electron chi connectivity index (χ2n) is 5.32. The summed E-state index contributed by atoms with van der Waals surface area (Å²) in [6.07, 6.45) is -5.18. The van der Waals surface area contributed by atoms with Crippen molar-refractivity contribution in [2.45, 2.75) is 39.1 Å². The second-order valence-corrected chi connectivity index (χ2v) is 5.32. The Morgan fingerprint density at radius 3 is 2.35 bits per heavy atom. The summed E-state index contributed by atoms with van der Waals surface area (Å²) in [6.45, 7) is 4.97. The molecule has 0 spiro atoms. The van der Waals surface area contributed by atoms with Crippen molar-refractivity contribution in [2.75, 3.05) is 5.73 Å². The Hall–Kier alpha value is -1.92. The van der Waals surface area contributed by atoms with Crippen molar-refractivity contribution < 1.29 is 22.7 Å². The number of hydrogen-bond donors (Lipinski definition) is 2. The fourth-order valence-electron chi connectivity index (χ4n) is 1.47. The number of benzene rings is 1. The van der Waals surface area contributed by atoms with E-state index < -0.39 is 23.4 Å². The third kappa shape index (κ3) is 5.38. The topological polar surface area (TPSA) is 64.3 Å². The van der Waals surface area contributed by atoms with E-state index in [1.165, 1.54) is 6.07 Å². The highest BCUT2D eigenvalue weighted by Crippen LogP contribution is 2.31. The Balaban J connectivity index is 2.74. The van der Waals surface area contributed by atoms with E-state index in [2.05, 4.69) is 5.32 Å². The largest absolute Gasteiger partial charge is 0.444 e. The SMILES string of the molecule is CC(C)(C)OC(=O)NCc1cc(N)cc(C(F)(F)F)c1. The van der Waals surface area contributed by atoms with Crippen LogP contribution < -0.4 is 11.1 Å². The van der Waals surface area contributed by atoms with E-state index in [1.54, 1.807) is 20.8 Å². The van der Waals surface area contributed by atoms with Crippen molar-refractivity contribution in [1.29, 1.82) is 0 Å². The lowest BCUT2D eigenvalue weighted by molar-refractivity contribution is -0.137. The number of nitrogens with one attached hydrogen (secondary N) is 1. The molecule has 1 amide bonds. The van der Waals surface area contributed by atoms with Gasteiger partial charge in [-0.3, -0.25) is 0 Å². The van der Waals surface area contributed by atoms with Crippen LogP contribution in [0.2, 0.25) is 0 Å². The summed E-state index contributed by atoms with van der Waals surface area (Å²) >= 11 is 0. The van der Waals surface area contributed by atoms with Crippen LogP contribution in [-0.2, 0) is 17.5 Å². The van der Waals surface area contributed by atoms with E-state index >= 15 is 0 Å². The number of amides is 1. The van der Waals surface area contributed by atoms with Gasteiger partial charge in [-0.1, -0.05) is 0 Å². The fourth-order valence-corrected chi connectivity index (χ4v) is 1.47. The number of anilines is 1. The molecule has 112 valence electrons. The van der Waals surface area contributed by atoms with Crippen molar-refractivity contribution in [2.24, 2.45) is 0 Å². The molecule has 0 heterocycles. The molecule has 4 nitrogen and oxygen atoms in total. The van der Waals surface area contributed by atoms with Gasteiger partial charge in [-0.15, -0.1) is 0 Å². The summed E-state index contributed by atoms with van der Waals surface area (Å²) in [5.41, 5.74) is 4.14. The number of nitrogen functional groups attached to an aromatic ring is 1. The molecule has 1 rings (SSSR count). The molecule has 0 unspecified atom stereocenters. The van der Waals surface area contributed by atoms with Crippen LogP contribution >= 0.6 is 0 Å². The first-order chi connectivity index (χ1) is 8.97. The van der Waals surface area contributed by atoms with Gasteiger partial charge < -0.3 is 15.8 Å². The van der Waals surface area contributed by atoms with Gasteiger partial charge in [-0.05, 0) is 44.5 Å². The zero-order valence-corrected chi connectivity index (χ0v) is 11.5. The molecular formula is C13H17F3N2O2. The average Bonchev–Trinajstić information content (AvgIpc) is 2.22. The van der Waals surface area contributed by atoms with Crippen LogP contribution in [0.15, 0.2) is 18.2 Å². The minimum Gasteiger partial charge on any atom is -0.444 e. The fraction of sp³-hybridized carbons (Fsp3) is 0.462. The summed E-state index contributed by atoms with van der Waals surface area (Å²) in [5.74, 6) is 0. The first kappa shape index (κ1) is 16.1. The first-order valence-electron chi connectivity index (χ1n) is 5.91. The Kier molecular flexibility index (Phi) is 4.52. The summed E-state index contributed by atoms with van der Waals surface area (Å²) in [6, 6.07) is 3.15. The van der Waals surface area contributed by atoms with E-state index in [0.717, 1.165) is 12.1 Å². The van der Waals surface area contributed by atoms with Gasteiger partial charge in [0, 0.05) is 12.2 Å². The molecule has 0 aliphatic rings. The molecule has 0 bridgehead atoms. The minimum atomic E-state index is -4.48. The number of carbonyl (C=O) groups is 1. The Morgan fingerprint density at radius 1 is 1.25 bits per heavy atom. The Bertz CT molecular complexity index is 493. The van der Waals surface area contributed by atoms with Crippen LogP contribution in [-0.4, -0.2) is 11.7 Å². The minimum absolute atomic E-state index is 0.0131. The summed E-state index contributed by atoms with van der Waals surface area (Å²) < 4.78 is 42.8. The highest BCUT2D eigenvalue weighted by atomic mass is 19.4. The van der Waals surface area contributed by atoms with Crippen molar-refractivity contribution in [3.8, 4) is 0 Å². The van der Waals surface area contributed by atoms with Crippen LogP contribution in [0.25, 0.3) is 0 Å². The van der Waals surface area contributed by atoms with Crippen LogP contribution in [0.1, 0.15) is 31.9 Å². The second kappa shape index (κ2) is 5.60. The van der Waals surface area contributed by atoms with E-state index in [4.69, 9.17) is 10.5 Å². The molecule has 0 aromatic heterocycles. The molecule has 0 atom stereocenters. The number of carbonyl (C=O) groups excluding carboxylic acids is 1. The lowest BCUT2D eigenvalue weighted by Crippen LogP contribution is -2.32. The summed E-state index contributed by atoms with van der Waals surface area (Å²) in [4.78, 5) is 11.4. The molecule has 20 heavy (non-hydrogen) atoms. The first-order valence-corrected chi connectivity index (χ1v) is 5.91. The number of alkyl carbamates (subject to hydrolysis) is 1. The molecule has 0 aliphatic carbocycles. The van der Waals surface area contributed by atoms with Gasteiger partial charge in [0.05, 0.1) is 5.56 Å². The molecule has 0 aliphatic heterocycles. The van der Waals surface area contributed by atoms with Crippen molar-refractivity contribution in [3.63, 3.8) is 0 Å². The van der Waals surface area contributed by atoms with Crippen LogP contribution in [0.5, 0.6) is 0 Å². The standard InChI is InChI=1S/C13H17F3N2O2/c1-12(2,3)20-11(19)18-7-8-4-9(13(14,15)16)6-10(17)5-8/h4-6H,7,17H2,1-3H3,(H,18,19). The maximum Gasteiger partial charge on any atom is 0.416 e. The van der Waals surface area contributed by atoms with Crippen molar-refractivity contribution in [3.05, 3.63) is 29.3 Å². The molecule has 0 fully saturated rings. The third-order valence-corrected chi connectivity index (χ3v) is 2.18. The predicted octanol–water partition coefficient (Wildman–Crippen LogP) is 3.31. The number of hydrogen-bond acceptors (Lipinski definition) is 3. The van der Waals surface area contributed by atoms with Crippen LogP contribution in [0, 0.1) is 0 Å². The number of halogens is 3. The van der Waals surface area contributed by atoms with Crippen LogP contribution in [0.3, 0.4) is 0 Å². The summed E-state index contributed by atoms with van der Waals surface area (Å²) in [5, 5.41) is 2.38. The van der Waals surface area contributed by atoms with Gasteiger partial charge in [0.15, 0.2) is 0 Å². The Morgan fingerprint density at radius 2 is 1.85 bits per heavy atom. The van der Waals surface area contributed by atoms with Gasteiger partial charge in [0.25, 0.3) is 0 Å². The lowest BCUT2D eigenvalue weighted by Gasteiger charge is -2.19. The third-order valence-electron chi connectivity index (χ3n) is 2.18. The van der Waals surface area contributed by atoms with Gasteiger partial charge >= 0.3 is 12.3 Å². The Labute approximate surface area is 115 Å². The quantitative estimate of drug-likeness (QED) is 0.821. The maximum absolute atomic E-state index is 12.6. The van der Waals surface area contributed by atoms with E-state index in [1.807, 2.05) is 0 Å². The normalized spacial score (nSPS) is 12.1. The van der Waals surface area contributed by atoms with Crippen molar-refractivity contribution >= 4 is 11.8 Å². The van der Waals surface area contributed by atoms with Gasteiger partial charge in [0.2, 0.25) is 0 Å². The number of rotatable bonds is 2. The molecule has 0 saturated carbocycles. The average molecular weight is 290 g/mol. The lowest BCUT2D eigenvalue weighted by atomic mass is 10.1. The molecular weight excluding hydrogens is 273 g/mol. The maximum atomic E-state index is 12.6. The summed E-state index contributed by atoms with van der Waals surface area (Å²) in [7, 11) is 0. The van der Waals surface area contributed by atoms with Crippen LogP contribution in [0.4, 0.5) is 23.7 Å². The molecule has 7 heteroatoms. The van der Waals surface area contributed by atoms with Gasteiger partial charge in [-0.2, -0.15) is 13.2 Å². The van der Waals surface area contributed by atoms with E-state index in [0.29, 0.717) is 0 Å². The van der Waals surface area contributed by atoms with Crippen molar-refractivity contribution in [1.82, 2.24) is 5.32 Å². The highest BCUT2D eigenvalue weighted by Gasteiger charge is 2.31. The van der Waals surface area contributed by atoms with Gasteiger partial charge in [-0.25, -0.2) is 4.79 Å².